The predicted molar refractivity (Wildman–Crippen MR) is 154 cm³/mol. The highest BCUT2D eigenvalue weighted by atomic mass is 16.6. The van der Waals surface area contributed by atoms with E-state index in [9.17, 15) is 35.4 Å². The molecule has 0 amide bonds. The number of hydrogen-bond donors (Lipinski definition) is 0. The minimum Gasteiger partial charge on any atom is -0.863 e. The van der Waals surface area contributed by atoms with Crippen molar-refractivity contribution in [1.29, 1.82) is 0 Å². The van der Waals surface area contributed by atoms with Crippen LogP contribution in [0.2, 0.25) is 0 Å². The number of anilines is 1. The minimum atomic E-state index is -1.46. The van der Waals surface area contributed by atoms with Crippen molar-refractivity contribution in [3.63, 3.8) is 0 Å². The van der Waals surface area contributed by atoms with Gasteiger partial charge in [-0.05, 0) is 46.6 Å². The van der Waals surface area contributed by atoms with E-state index >= 15 is 0 Å². The van der Waals surface area contributed by atoms with Crippen LogP contribution in [0.25, 0.3) is 5.57 Å². The first-order valence-corrected chi connectivity index (χ1v) is 11.8. The van der Waals surface area contributed by atoms with Crippen LogP contribution in [0.1, 0.15) is 18.0 Å². The number of allylic oxidation sites excluding steroid dienone is 5. The molecule has 1 aliphatic rings. The topological polar surface area (TPSA) is 159 Å². The largest absolute Gasteiger partial charge is 0.863 e. The zero-order chi connectivity index (χ0) is 34.6. The molecule has 1 aliphatic carbocycles. The Kier molecular flexibility index (Phi) is 7.34. The zero-order valence-electron chi connectivity index (χ0n) is 27.4. The lowest BCUT2D eigenvalue weighted by Gasteiger charge is -2.16. The quantitative estimate of drug-likeness (QED) is 0.233. The highest BCUT2D eigenvalue weighted by Crippen LogP contribution is 2.37. The van der Waals surface area contributed by atoms with Gasteiger partial charge in [-0.15, -0.1) is 0 Å². The van der Waals surface area contributed by atoms with Crippen LogP contribution in [0.4, 0.5) is 22.7 Å². The Hall–Kier alpha value is -5.65. The molecule has 0 heterocycles. The van der Waals surface area contributed by atoms with Gasteiger partial charge in [0.15, 0.2) is 5.71 Å². The van der Waals surface area contributed by atoms with Gasteiger partial charge in [0.25, 0.3) is 17.1 Å². The van der Waals surface area contributed by atoms with Gasteiger partial charge in [-0.2, -0.15) is 0 Å². The van der Waals surface area contributed by atoms with Crippen molar-refractivity contribution < 1.29 is 31.3 Å². The molecule has 3 aromatic rings. The smallest absolute Gasteiger partial charge is 0.283 e. The summed E-state index contributed by atoms with van der Waals surface area (Å²) in [4.78, 5) is 29.5. The Bertz CT molecular complexity index is 1800. The van der Waals surface area contributed by atoms with Gasteiger partial charge >= 0.3 is 0 Å². The Morgan fingerprint density at radius 1 is 0.756 bits per heavy atom. The molecule has 0 unspecified atom stereocenters. The molecule has 0 atom stereocenters. The second-order valence-corrected chi connectivity index (χ2v) is 8.84. The van der Waals surface area contributed by atoms with Crippen molar-refractivity contribution in [1.82, 2.24) is 0 Å². The van der Waals surface area contributed by atoms with Crippen LogP contribution in [0, 0.1) is 30.3 Å². The maximum Gasteiger partial charge on any atom is 0.283 e. The molecule has 210 valence electrons. The van der Waals surface area contributed by atoms with Crippen LogP contribution >= 0.6 is 0 Å². The molecule has 0 N–H and O–H groups in total. The van der Waals surface area contributed by atoms with Crippen molar-refractivity contribution in [2.24, 2.45) is 0 Å². The fourth-order valence-electron chi connectivity index (χ4n) is 3.64. The summed E-state index contributed by atoms with van der Waals surface area (Å²) in [6.45, 7) is 0. The number of non-ortho nitro benzene ring substituents is 1. The highest BCUT2D eigenvalue weighted by Gasteiger charge is 2.24. The van der Waals surface area contributed by atoms with Gasteiger partial charge in [0.05, 0.1) is 39.5 Å². The maximum absolute atomic E-state index is 11.1. The molecule has 12 heteroatoms. The molecule has 12 nitrogen and oxygen atoms in total. The van der Waals surface area contributed by atoms with Gasteiger partial charge in [-0.3, -0.25) is 30.3 Å². The molecule has 0 saturated heterocycles. The minimum absolute atomic E-state index is 0.204. The third kappa shape index (κ3) is 7.26. The predicted octanol–water partition coefficient (Wildman–Crippen LogP) is 4.88. The summed E-state index contributed by atoms with van der Waals surface area (Å²) in [5, 5.41) is 42.1. The van der Waals surface area contributed by atoms with Crippen LogP contribution in [0.15, 0.2) is 96.5 Å². The van der Waals surface area contributed by atoms with Crippen LogP contribution in [-0.2, 0) is 0 Å². The molecular weight excluding hydrogens is 530 g/mol. The lowest BCUT2D eigenvalue weighted by molar-refractivity contribution is -0.462. The summed E-state index contributed by atoms with van der Waals surface area (Å²) in [6, 6.07) is 7.06. The molecule has 0 saturated carbocycles. The fourth-order valence-corrected chi connectivity index (χ4v) is 3.64. The van der Waals surface area contributed by atoms with Crippen molar-refractivity contribution in [3.8, 4) is 5.75 Å². The number of hydrogen-bond acceptors (Lipinski definition) is 8. The SMILES string of the molecule is O=[N+]([O-])c1cc([N+](=O)[O-])c([O-])c([N+](=O)[O-])c1.[2H]c1c([2H])c([2H])c(C(=C2C=CC(=[N+](C)C)C=C2)c2ccc(N(C)C)cc2)c([2H])c1[2H]. The lowest BCUT2D eigenvalue weighted by Crippen LogP contribution is -2.10. The standard InChI is InChI=1S/C23H25N2.C6H3N3O7/c1-24(2)21-14-10-19(11-15-21)23(18-8-6-5-7-9-18)20-12-16-22(17-13-20)25(3)4;10-6-4(8(13)14)1-3(7(11)12)2-5(6)9(15)16/h5-17H,1-4H3;1-2,10H/q+1;/p-1/i5D,6D,7D,8D,9D;. The van der Waals surface area contributed by atoms with Crippen LogP contribution in [-0.4, -0.2) is 53.2 Å². The van der Waals surface area contributed by atoms with Crippen LogP contribution in [0.5, 0.6) is 5.75 Å². The zero-order valence-corrected chi connectivity index (χ0v) is 22.4. The van der Waals surface area contributed by atoms with Gasteiger partial charge in [-0.1, -0.05) is 42.3 Å². The summed E-state index contributed by atoms with van der Waals surface area (Å²) in [5.41, 5.74) is 1.16. The Morgan fingerprint density at radius 2 is 1.27 bits per heavy atom. The van der Waals surface area contributed by atoms with Crippen molar-refractivity contribution >= 4 is 34.0 Å². The third-order valence-corrected chi connectivity index (χ3v) is 5.73. The van der Waals surface area contributed by atoms with Gasteiger partial charge in [-0.25, -0.2) is 4.58 Å². The van der Waals surface area contributed by atoms with Gasteiger partial charge in [0.1, 0.15) is 14.1 Å². The molecule has 0 aromatic heterocycles. The number of nitrogens with zero attached hydrogens (tertiary/aromatic N) is 5. The maximum atomic E-state index is 11.1. The molecule has 0 aliphatic heterocycles. The third-order valence-electron chi connectivity index (χ3n) is 5.73. The number of nitro groups is 3. The average Bonchev–Trinajstić information content (AvgIpc) is 3.01. The first-order chi connectivity index (χ1) is 21.5. The second kappa shape index (κ2) is 12.9. The van der Waals surface area contributed by atoms with Crippen LogP contribution in [0.3, 0.4) is 0 Å². The van der Waals surface area contributed by atoms with Crippen molar-refractivity contribution in [3.05, 3.63) is 138 Å². The van der Waals surface area contributed by atoms with Crippen LogP contribution < -0.4 is 10.0 Å². The van der Waals surface area contributed by atoms with E-state index in [4.69, 9.17) is 6.85 Å². The number of rotatable bonds is 6. The summed E-state index contributed by atoms with van der Waals surface area (Å²) in [7, 11) is 7.81. The molecule has 0 bridgehead atoms. The van der Waals surface area contributed by atoms with E-state index < -0.39 is 37.6 Å². The van der Waals surface area contributed by atoms with E-state index in [1.165, 1.54) is 0 Å². The normalized spacial score (nSPS) is 13.5. The van der Waals surface area contributed by atoms with Gasteiger partial charge in [0.2, 0.25) is 0 Å². The monoisotopic (exact) mass is 562 g/mol. The summed E-state index contributed by atoms with van der Waals surface area (Å²) >= 11 is 0. The van der Waals surface area contributed by atoms with Gasteiger partial charge < -0.3 is 10.0 Å². The highest BCUT2D eigenvalue weighted by molar-refractivity contribution is 6.03. The first-order valence-electron chi connectivity index (χ1n) is 14.3. The van der Waals surface area contributed by atoms with E-state index in [1.807, 2.05) is 86.2 Å². The summed E-state index contributed by atoms with van der Waals surface area (Å²) in [5.74, 6) is -1.46. The molecule has 0 radical (unpaired) electrons. The van der Waals surface area contributed by atoms with Crippen molar-refractivity contribution in [2.75, 3.05) is 33.1 Å². The summed E-state index contributed by atoms with van der Waals surface area (Å²) < 4.78 is 43.1. The molecule has 0 fully saturated rings. The molecular formula is C29H27N5O7. The molecule has 41 heavy (non-hydrogen) atoms. The Balaban J connectivity index is 0.000000304. The van der Waals surface area contributed by atoms with E-state index in [0.717, 1.165) is 22.5 Å². The average molecular weight is 563 g/mol. The first kappa shape index (κ1) is 23.3. The van der Waals surface area contributed by atoms with Crippen molar-refractivity contribution in [2.45, 2.75) is 0 Å². The molecule has 3 aromatic carbocycles. The lowest BCUT2D eigenvalue weighted by atomic mass is 9.90. The number of nitro benzene ring substituents is 3. The molecule has 0 spiro atoms. The molecule has 4 rings (SSSR count). The van der Waals surface area contributed by atoms with E-state index in [1.54, 1.807) is 0 Å². The Labute approximate surface area is 242 Å². The second-order valence-electron chi connectivity index (χ2n) is 8.84. The summed E-state index contributed by atoms with van der Waals surface area (Å²) in [6.07, 6.45) is 7.76. The van der Waals surface area contributed by atoms with E-state index in [-0.39, 0.29) is 35.8 Å². The Morgan fingerprint density at radius 3 is 1.68 bits per heavy atom. The fraction of sp³-hybridized carbons (Fsp3) is 0.138. The number of benzene rings is 3. The van der Waals surface area contributed by atoms with E-state index in [0.29, 0.717) is 17.7 Å². The van der Waals surface area contributed by atoms with E-state index in [2.05, 4.69) is 0 Å². The van der Waals surface area contributed by atoms with Gasteiger partial charge in [0, 0.05) is 31.9 Å².